The Morgan fingerprint density at radius 1 is 0.562 bits per heavy atom. The van der Waals surface area contributed by atoms with Crippen molar-refractivity contribution in [2.24, 2.45) is 0 Å². The number of benzene rings is 3. The maximum Gasteiger partial charge on any atom is 0.466 e. The average Bonchev–Trinajstić information content (AvgIpc) is 2.65. The van der Waals surface area contributed by atoms with Crippen molar-refractivity contribution < 1.29 is 34.6 Å². The standard InChI is InChI=1S/3C7H7BrO.H3O4P/c3*1-5-4-6(9)2-3-7(5)8;1-5(2,3)4/h3*2-4,9H,1H3;(H3,1,2,3,4). The van der Waals surface area contributed by atoms with E-state index in [0.717, 1.165) is 30.1 Å². The van der Waals surface area contributed by atoms with Gasteiger partial charge in [0, 0.05) is 13.4 Å². The summed E-state index contributed by atoms with van der Waals surface area (Å²) in [5.74, 6) is 0.946. The first-order valence-electron chi connectivity index (χ1n) is 8.73. The lowest BCUT2D eigenvalue weighted by Crippen LogP contribution is -1.72. The molecule has 32 heavy (non-hydrogen) atoms. The molecule has 0 atom stereocenters. The molecule has 0 radical (unpaired) electrons. The van der Waals surface area contributed by atoms with Gasteiger partial charge in [0.15, 0.2) is 0 Å². The largest absolute Gasteiger partial charge is 0.508 e. The average molecular weight is 659 g/mol. The number of rotatable bonds is 0. The van der Waals surface area contributed by atoms with E-state index in [1.807, 2.05) is 39.0 Å². The van der Waals surface area contributed by atoms with Crippen molar-refractivity contribution in [1.82, 2.24) is 0 Å². The highest BCUT2D eigenvalue weighted by Gasteiger charge is 2.00. The molecular formula is C21H24Br3O7P. The van der Waals surface area contributed by atoms with E-state index >= 15 is 0 Å². The van der Waals surface area contributed by atoms with Crippen molar-refractivity contribution in [3.63, 3.8) is 0 Å². The molecule has 6 N–H and O–H groups in total. The van der Waals surface area contributed by atoms with E-state index in [-0.39, 0.29) is 0 Å². The normalized spacial score (nSPS) is 9.91. The molecule has 11 heteroatoms. The topological polar surface area (TPSA) is 138 Å². The Bertz CT molecular complexity index is 930. The summed E-state index contributed by atoms with van der Waals surface area (Å²) in [7, 11) is -4.64. The second kappa shape index (κ2) is 14.7. The Labute approximate surface area is 212 Å². The van der Waals surface area contributed by atoms with Crippen LogP contribution in [-0.4, -0.2) is 30.0 Å². The molecule has 0 heterocycles. The Morgan fingerprint density at radius 3 is 0.875 bits per heavy atom. The van der Waals surface area contributed by atoms with E-state index in [1.54, 1.807) is 36.4 Å². The molecule has 3 aromatic rings. The smallest absolute Gasteiger partial charge is 0.466 e. The summed E-state index contributed by atoms with van der Waals surface area (Å²) >= 11 is 9.95. The molecule has 0 saturated carbocycles. The number of hydrogen-bond acceptors (Lipinski definition) is 4. The first-order chi connectivity index (χ1) is 14.6. The third-order valence-corrected chi connectivity index (χ3v) is 6.09. The fourth-order valence-electron chi connectivity index (χ4n) is 1.89. The van der Waals surface area contributed by atoms with Gasteiger partial charge in [-0.15, -0.1) is 0 Å². The molecule has 0 aliphatic rings. The van der Waals surface area contributed by atoms with Crippen LogP contribution in [0.3, 0.4) is 0 Å². The Morgan fingerprint density at radius 2 is 0.750 bits per heavy atom. The molecule has 176 valence electrons. The van der Waals surface area contributed by atoms with Gasteiger partial charge in [-0.3, -0.25) is 0 Å². The fraction of sp³-hybridized carbons (Fsp3) is 0.143. The maximum atomic E-state index is 8.92. The molecule has 0 aromatic heterocycles. The van der Waals surface area contributed by atoms with E-state index in [1.165, 1.54) is 0 Å². The number of phenols is 3. The van der Waals surface area contributed by atoms with Crippen molar-refractivity contribution in [2.45, 2.75) is 20.8 Å². The molecule has 0 aliphatic carbocycles. The predicted octanol–water partition coefficient (Wildman–Crippen LogP) is 6.46. The minimum absolute atomic E-state index is 0.315. The summed E-state index contributed by atoms with van der Waals surface area (Å²) in [5, 5.41) is 26.8. The summed E-state index contributed by atoms with van der Waals surface area (Å²) in [6, 6.07) is 15.6. The first kappa shape index (κ1) is 30.6. The molecule has 3 rings (SSSR count). The van der Waals surface area contributed by atoms with Gasteiger partial charge in [0.05, 0.1) is 0 Å². The van der Waals surface area contributed by atoms with Crippen LogP contribution in [0.15, 0.2) is 68.0 Å². The quantitative estimate of drug-likeness (QED) is 0.153. The number of phenolic OH excluding ortho intramolecular Hbond substituents is 3. The van der Waals surface area contributed by atoms with Gasteiger partial charge in [-0.1, -0.05) is 47.8 Å². The van der Waals surface area contributed by atoms with E-state index in [0.29, 0.717) is 17.2 Å². The Kier molecular flexibility index (Phi) is 14.1. The molecule has 0 amide bonds. The summed E-state index contributed by atoms with van der Waals surface area (Å²) in [6.45, 7) is 5.80. The van der Waals surface area contributed by atoms with E-state index in [4.69, 9.17) is 34.6 Å². The zero-order valence-corrected chi connectivity index (χ0v) is 23.0. The zero-order valence-electron chi connectivity index (χ0n) is 17.4. The van der Waals surface area contributed by atoms with Gasteiger partial charge in [0.1, 0.15) is 17.2 Å². The van der Waals surface area contributed by atoms with Crippen molar-refractivity contribution in [3.05, 3.63) is 84.7 Å². The van der Waals surface area contributed by atoms with Gasteiger partial charge in [0.25, 0.3) is 0 Å². The molecule has 0 bridgehead atoms. The number of aromatic hydroxyl groups is 3. The summed E-state index contributed by atoms with van der Waals surface area (Å²) in [4.78, 5) is 21.6. The van der Waals surface area contributed by atoms with Crippen molar-refractivity contribution in [3.8, 4) is 17.2 Å². The maximum absolute atomic E-state index is 8.92. The first-order valence-corrected chi connectivity index (χ1v) is 12.7. The van der Waals surface area contributed by atoms with E-state index < -0.39 is 7.82 Å². The Balaban J connectivity index is 0.000000410. The van der Waals surface area contributed by atoms with Gasteiger partial charge < -0.3 is 30.0 Å². The fourth-order valence-corrected chi connectivity index (χ4v) is 2.63. The molecule has 0 fully saturated rings. The van der Waals surface area contributed by atoms with Crippen molar-refractivity contribution in [2.75, 3.05) is 0 Å². The molecule has 7 nitrogen and oxygen atoms in total. The van der Waals surface area contributed by atoms with Crippen LogP contribution in [0.4, 0.5) is 0 Å². The van der Waals surface area contributed by atoms with E-state index in [2.05, 4.69) is 47.8 Å². The second-order valence-corrected chi connectivity index (χ2v) is 9.90. The van der Waals surface area contributed by atoms with Crippen LogP contribution in [0, 0.1) is 20.8 Å². The summed E-state index contributed by atoms with van der Waals surface area (Å²) in [6.07, 6.45) is 0. The summed E-state index contributed by atoms with van der Waals surface area (Å²) < 4.78 is 12.0. The van der Waals surface area contributed by atoms with Crippen LogP contribution in [0.5, 0.6) is 17.2 Å². The molecule has 0 spiro atoms. The van der Waals surface area contributed by atoms with Crippen LogP contribution < -0.4 is 0 Å². The van der Waals surface area contributed by atoms with Crippen LogP contribution in [0.1, 0.15) is 16.7 Å². The molecule has 0 aliphatic heterocycles. The van der Waals surface area contributed by atoms with Crippen LogP contribution in [-0.2, 0) is 4.57 Å². The minimum Gasteiger partial charge on any atom is -0.508 e. The molecule has 3 aromatic carbocycles. The highest BCUT2D eigenvalue weighted by molar-refractivity contribution is 9.11. The number of aryl methyl sites for hydroxylation is 3. The molecular weight excluding hydrogens is 635 g/mol. The third kappa shape index (κ3) is 15.4. The van der Waals surface area contributed by atoms with Crippen molar-refractivity contribution in [1.29, 1.82) is 0 Å². The van der Waals surface area contributed by atoms with Gasteiger partial charge >= 0.3 is 7.82 Å². The lowest BCUT2D eigenvalue weighted by atomic mass is 10.2. The highest BCUT2D eigenvalue weighted by atomic mass is 79.9. The van der Waals surface area contributed by atoms with E-state index in [9.17, 15) is 0 Å². The summed E-state index contributed by atoms with van der Waals surface area (Å²) in [5.41, 5.74) is 3.15. The van der Waals surface area contributed by atoms with Gasteiger partial charge in [-0.05, 0) is 92.1 Å². The third-order valence-electron chi connectivity index (χ3n) is 3.42. The lowest BCUT2D eigenvalue weighted by molar-refractivity contribution is 0.275. The van der Waals surface area contributed by atoms with Crippen LogP contribution in [0.25, 0.3) is 0 Å². The molecule has 0 unspecified atom stereocenters. The van der Waals surface area contributed by atoms with Gasteiger partial charge in [-0.25, -0.2) is 4.57 Å². The minimum atomic E-state index is -4.64. The highest BCUT2D eigenvalue weighted by Crippen LogP contribution is 2.26. The Hall–Kier alpha value is -1.39. The monoisotopic (exact) mass is 656 g/mol. The SMILES string of the molecule is Cc1cc(O)ccc1Br.Cc1cc(O)ccc1Br.Cc1cc(O)ccc1Br.O=P(O)(O)O. The van der Waals surface area contributed by atoms with Gasteiger partial charge in [-0.2, -0.15) is 0 Å². The van der Waals surface area contributed by atoms with Gasteiger partial charge in [0.2, 0.25) is 0 Å². The number of hydrogen-bond donors (Lipinski definition) is 6. The predicted molar refractivity (Wildman–Crippen MR) is 136 cm³/mol. The van der Waals surface area contributed by atoms with Crippen molar-refractivity contribution >= 4 is 55.6 Å². The van der Waals surface area contributed by atoms with Crippen LogP contribution in [0.2, 0.25) is 0 Å². The zero-order chi connectivity index (χ0) is 25.1. The number of halogens is 3. The number of phosphoric acid groups is 1. The second-order valence-electron chi connectivity index (χ2n) is 6.31. The molecule has 0 saturated heterocycles. The van der Waals surface area contributed by atoms with Crippen LogP contribution >= 0.6 is 55.6 Å². The lowest BCUT2D eigenvalue weighted by Gasteiger charge is -1.95.